The van der Waals surface area contributed by atoms with E-state index in [1.165, 1.54) is 6.07 Å². The molecule has 1 amide bonds. The first-order chi connectivity index (χ1) is 13.2. The molecule has 0 fully saturated rings. The molecular weight excluding hydrogens is 376 g/mol. The fourth-order valence-corrected chi connectivity index (χ4v) is 3.53. The Hall–Kier alpha value is -3.13. The average molecular weight is 398 g/mol. The SMILES string of the molecule is Cc1c(C(C)NC(=O)c2cccc(NS(C)(=O)=O)c2)cnn1-c1ccccc1. The van der Waals surface area contributed by atoms with E-state index in [0.29, 0.717) is 11.3 Å². The Labute approximate surface area is 164 Å². The first-order valence-electron chi connectivity index (χ1n) is 8.73. The van der Waals surface area contributed by atoms with Crippen LogP contribution < -0.4 is 10.0 Å². The number of hydrogen-bond acceptors (Lipinski definition) is 4. The van der Waals surface area contributed by atoms with Gasteiger partial charge < -0.3 is 5.32 Å². The van der Waals surface area contributed by atoms with E-state index >= 15 is 0 Å². The van der Waals surface area contributed by atoms with Gasteiger partial charge in [-0.1, -0.05) is 24.3 Å². The third kappa shape index (κ3) is 4.58. The third-order valence-corrected chi connectivity index (χ3v) is 4.90. The number of carbonyl (C=O) groups is 1. The Kier molecular flexibility index (Phi) is 5.51. The van der Waals surface area contributed by atoms with Gasteiger partial charge in [-0.25, -0.2) is 13.1 Å². The van der Waals surface area contributed by atoms with E-state index in [1.807, 2.05) is 48.9 Å². The van der Waals surface area contributed by atoms with Crippen LogP contribution in [0.5, 0.6) is 0 Å². The van der Waals surface area contributed by atoms with Crippen molar-refractivity contribution in [2.75, 3.05) is 11.0 Å². The summed E-state index contributed by atoms with van der Waals surface area (Å²) in [4.78, 5) is 12.6. The predicted molar refractivity (Wildman–Crippen MR) is 109 cm³/mol. The minimum absolute atomic E-state index is 0.267. The molecule has 1 atom stereocenters. The maximum absolute atomic E-state index is 12.6. The predicted octanol–water partition coefficient (Wildman–Crippen LogP) is 3.04. The minimum atomic E-state index is -3.41. The van der Waals surface area contributed by atoms with Crippen LogP contribution >= 0.6 is 0 Å². The highest BCUT2D eigenvalue weighted by Crippen LogP contribution is 2.21. The lowest BCUT2D eigenvalue weighted by molar-refractivity contribution is 0.0940. The number of carbonyl (C=O) groups excluding carboxylic acids is 1. The summed E-state index contributed by atoms with van der Waals surface area (Å²) in [6.07, 6.45) is 2.81. The summed E-state index contributed by atoms with van der Waals surface area (Å²) in [6.45, 7) is 3.84. The number of benzene rings is 2. The van der Waals surface area contributed by atoms with Crippen molar-refractivity contribution in [3.63, 3.8) is 0 Å². The van der Waals surface area contributed by atoms with Gasteiger partial charge in [0.25, 0.3) is 5.91 Å². The van der Waals surface area contributed by atoms with Crippen molar-refractivity contribution in [2.45, 2.75) is 19.9 Å². The number of sulfonamides is 1. The molecule has 7 nitrogen and oxygen atoms in total. The van der Waals surface area contributed by atoms with Crippen molar-refractivity contribution in [3.05, 3.63) is 77.6 Å². The van der Waals surface area contributed by atoms with Gasteiger partial charge in [0.15, 0.2) is 0 Å². The summed E-state index contributed by atoms with van der Waals surface area (Å²) in [5.41, 5.74) is 3.50. The van der Waals surface area contributed by atoms with Crippen LogP contribution in [0.3, 0.4) is 0 Å². The van der Waals surface area contributed by atoms with Crippen molar-refractivity contribution in [1.82, 2.24) is 15.1 Å². The van der Waals surface area contributed by atoms with Crippen molar-refractivity contribution in [3.8, 4) is 5.69 Å². The van der Waals surface area contributed by atoms with Gasteiger partial charge in [0.1, 0.15) is 0 Å². The molecule has 28 heavy (non-hydrogen) atoms. The van der Waals surface area contributed by atoms with Crippen LogP contribution in [0.15, 0.2) is 60.8 Å². The van der Waals surface area contributed by atoms with Gasteiger partial charge in [0.05, 0.1) is 24.2 Å². The molecule has 1 aromatic heterocycles. The van der Waals surface area contributed by atoms with Gasteiger partial charge in [-0.3, -0.25) is 9.52 Å². The third-order valence-electron chi connectivity index (χ3n) is 4.29. The molecule has 2 N–H and O–H groups in total. The molecule has 0 aliphatic carbocycles. The fraction of sp³-hybridized carbons (Fsp3) is 0.200. The molecule has 8 heteroatoms. The maximum Gasteiger partial charge on any atom is 0.251 e. The molecule has 2 aromatic carbocycles. The Morgan fingerprint density at radius 2 is 1.82 bits per heavy atom. The summed E-state index contributed by atoms with van der Waals surface area (Å²) in [5, 5.41) is 7.37. The van der Waals surface area contributed by atoms with Crippen molar-refractivity contribution in [2.24, 2.45) is 0 Å². The van der Waals surface area contributed by atoms with Gasteiger partial charge in [-0.05, 0) is 44.2 Å². The number of nitrogens with one attached hydrogen (secondary N) is 2. The van der Waals surface area contributed by atoms with Crippen LogP contribution in [0.1, 0.15) is 34.6 Å². The standard InChI is InChI=1S/C20H22N4O3S/c1-14(19-13-21-24(15(19)2)18-10-5-4-6-11-18)22-20(25)16-8-7-9-17(12-16)23-28(3,26)27/h4-14,23H,1-3H3,(H,22,25). The fourth-order valence-electron chi connectivity index (χ4n) is 2.97. The number of para-hydroxylation sites is 1. The van der Waals surface area contributed by atoms with Crippen LogP contribution in [-0.4, -0.2) is 30.4 Å². The van der Waals surface area contributed by atoms with Crippen molar-refractivity contribution < 1.29 is 13.2 Å². The smallest absolute Gasteiger partial charge is 0.251 e. The van der Waals surface area contributed by atoms with Gasteiger partial charge in [0, 0.05) is 22.5 Å². The van der Waals surface area contributed by atoms with E-state index in [1.54, 1.807) is 24.4 Å². The minimum Gasteiger partial charge on any atom is -0.345 e. The molecule has 0 spiro atoms. The first-order valence-corrected chi connectivity index (χ1v) is 10.6. The molecule has 0 bridgehead atoms. The number of rotatable bonds is 6. The van der Waals surface area contributed by atoms with E-state index in [-0.39, 0.29) is 11.9 Å². The highest BCUT2D eigenvalue weighted by atomic mass is 32.2. The average Bonchev–Trinajstić information content (AvgIpc) is 3.03. The summed E-state index contributed by atoms with van der Waals surface area (Å²) < 4.78 is 27.0. The molecule has 1 heterocycles. The summed E-state index contributed by atoms with van der Waals surface area (Å²) >= 11 is 0. The monoisotopic (exact) mass is 398 g/mol. The molecule has 0 saturated carbocycles. The van der Waals surface area contributed by atoms with E-state index in [9.17, 15) is 13.2 Å². The lowest BCUT2D eigenvalue weighted by Crippen LogP contribution is -2.27. The lowest BCUT2D eigenvalue weighted by atomic mass is 10.1. The van der Waals surface area contributed by atoms with E-state index < -0.39 is 10.0 Å². The van der Waals surface area contributed by atoms with Gasteiger partial charge in [0.2, 0.25) is 10.0 Å². The second-order valence-corrected chi connectivity index (χ2v) is 8.33. The molecule has 0 radical (unpaired) electrons. The normalized spacial score (nSPS) is 12.4. The Bertz CT molecular complexity index is 1090. The number of aromatic nitrogens is 2. The van der Waals surface area contributed by atoms with Crippen molar-refractivity contribution in [1.29, 1.82) is 0 Å². The second-order valence-electron chi connectivity index (χ2n) is 6.58. The molecule has 0 aliphatic heterocycles. The molecule has 3 aromatic rings. The van der Waals surface area contributed by atoms with Crippen LogP contribution in [0.2, 0.25) is 0 Å². The van der Waals surface area contributed by atoms with E-state index in [0.717, 1.165) is 23.2 Å². The van der Waals surface area contributed by atoms with Crippen LogP contribution in [-0.2, 0) is 10.0 Å². The van der Waals surface area contributed by atoms with E-state index in [4.69, 9.17) is 0 Å². The number of nitrogens with zero attached hydrogens (tertiary/aromatic N) is 2. The molecular formula is C20H22N4O3S. The van der Waals surface area contributed by atoms with Crippen LogP contribution in [0.4, 0.5) is 5.69 Å². The lowest BCUT2D eigenvalue weighted by Gasteiger charge is -2.15. The Morgan fingerprint density at radius 1 is 1.11 bits per heavy atom. The zero-order valence-electron chi connectivity index (χ0n) is 15.9. The second kappa shape index (κ2) is 7.85. The highest BCUT2D eigenvalue weighted by Gasteiger charge is 2.17. The zero-order chi connectivity index (χ0) is 20.3. The first kappa shape index (κ1) is 19.6. The molecule has 0 saturated heterocycles. The largest absolute Gasteiger partial charge is 0.345 e. The molecule has 1 unspecified atom stereocenters. The summed E-state index contributed by atoms with van der Waals surface area (Å²) in [6, 6.07) is 15.9. The maximum atomic E-state index is 12.6. The molecule has 146 valence electrons. The summed E-state index contributed by atoms with van der Waals surface area (Å²) in [5.74, 6) is -0.295. The van der Waals surface area contributed by atoms with Gasteiger partial charge in [-0.15, -0.1) is 0 Å². The highest BCUT2D eigenvalue weighted by molar-refractivity contribution is 7.92. The quantitative estimate of drug-likeness (QED) is 0.667. The van der Waals surface area contributed by atoms with Crippen LogP contribution in [0, 0.1) is 6.92 Å². The number of hydrogen-bond donors (Lipinski definition) is 2. The zero-order valence-corrected chi connectivity index (χ0v) is 16.7. The Balaban J connectivity index is 1.77. The van der Waals surface area contributed by atoms with Crippen molar-refractivity contribution >= 4 is 21.6 Å². The topological polar surface area (TPSA) is 93.1 Å². The van der Waals surface area contributed by atoms with E-state index in [2.05, 4.69) is 15.1 Å². The van der Waals surface area contributed by atoms with Gasteiger partial charge in [-0.2, -0.15) is 5.10 Å². The molecule has 0 aliphatic rings. The number of anilines is 1. The number of amides is 1. The van der Waals surface area contributed by atoms with Gasteiger partial charge >= 0.3 is 0 Å². The Morgan fingerprint density at radius 3 is 2.50 bits per heavy atom. The summed E-state index contributed by atoms with van der Waals surface area (Å²) in [7, 11) is -3.41. The molecule has 3 rings (SSSR count). The van der Waals surface area contributed by atoms with Crippen LogP contribution in [0.25, 0.3) is 5.69 Å².